The van der Waals surface area contributed by atoms with Crippen LogP contribution in [0.3, 0.4) is 0 Å². The Morgan fingerprint density at radius 1 is 1.42 bits per heavy atom. The van der Waals surface area contributed by atoms with Gasteiger partial charge in [0.2, 0.25) is 0 Å². The van der Waals surface area contributed by atoms with Crippen molar-refractivity contribution in [3.05, 3.63) is 52.4 Å². The van der Waals surface area contributed by atoms with E-state index in [0.29, 0.717) is 16.4 Å². The summed E-state index contributed by atoms with van der Waals surface area (Å²) in [5.74, 6) is -0.621. The number of rotatable bonds is 2. The molecular weight excluding hydrogens is 328 g/mol. The predicted molar refractivity (Wildman–Crippen MR) is 91.3 cm³/mol. The van der Waals surface area contributed by atoms with Crippen LogP contribution in [0.4, 0.5) is 5.69 Å². The fraction of sp³-hybridized carbons (Fsp3) is 0.118. The molecule has 0 fully saturated rings. The summed E-state index contributed by atoms with van der Waals surface area (Å²) < 4.78 is 6.30. The van der Waals surface area contributed by atoms with Crippen LogP contribution in [0.25, 0.3) is 16.6 Å². The fourth-order valence-electron chi connectivity index (χ4n) is 2.62. The molecule has 0 aliphatic heterocycles. The molecule has 0 bridgehead atoms. The second-order valence-corrected chi connectivity index (χ2v) is 5.63. The minimum atomic E-state index is -0.621. The quantitative estimate of drug-likeness (QED) is 0.571. The van der Waals surface area contributed by atoms with Crippen LogP contribution in [0.2, 0.25) is 5.15 Å². The van der Waals surface area contributed by atoms with Gasteiger partial charge in [0.05, 0.1) is 23.9 Å². The summed E-state index contributed by atoms with van der Waals surface area (Å²) in [4.78, 5) is 16.4. The van der Waals surface area contributed by atoms with Gasteiger partial charge in [0.25, 0.3) is 0 Å². The van der Waals surface area contributed by atoms with Crippen LogP contribution in [0.15, 0.2) is 30.5 Å². The number of benzene rings is 1. The van der Waals surface area contributed by atoms with Crippen LogP contribution in [0.1, 0.15) is 21.6 Å². The molecule has 7 heteroatoms. The Hall–Kier alpha value is -3.04. The van der Waals surface area contributed by atoms with E-state index in [1.54, 1.807) is 12.1 Å². The van der Waals surface area contributed by atoms with E-state index in [2.05, 4.69) is 4.98 Å². The summed E-state index contributed by atoms with van der Waals surface area (Å²) in [5, 5.41) is 10.5. The van der Waals surface area contributed by atoms with Crippen molar-refractivity contribution < 1.29 is 9.53 Å². The Kier molecular flexibility index (Phi) is 3.87. The highest BCUT2D eigenvalue weighted by Crippen LogP contribution is 2.28. The monoisotopic (exact) mass is 340 g/mol. The number of halogens is 1. The highest BCUT2D eigenvalue weighted by atomic mass is 35.5. The van der Waals surface area contributed by atoms with Crippen molar-refractivity contribution >= 4 is 34.2 Å². The third kappa shape index (κ3) is 2.45. The number of nitrogens with zero attached hydrogens (tertiary/aromatic N) is 3. The Labute approximate surface area is 143 Å². The molecule has 0 spiro atoms. The molecule has 1 aromatic carbocycles. The topological polar surface area (TPSA) is 93.9 Å². The van der Waals surface area contributed by atoms with Gasteiger partial charge in [0.15, 0.2) is 5.69 Å². The maximum atomic E-state index is 12.1. The maximum Gasteiger partial charge on any atom is 0.357 e. The average molecular weight is 341 g/mol. The molecule has 0 amide bonds. The van der Waals surface area contributed by atoms with Gasteiger partial charge in [-0.15, -0.1) is 0 Å². The summed E-state index contributed by atoms with van der Waals surface area (Å²) >= 11 is 6.02. The molecule has 24 heavy (non-hydrogen) atoms. The van der Waals surface area contributed by atoms with Crippen LogP contribution < -0.4 is 5.73 Å². The first-order chi connectivity index (χ1) is 11.5. The molecule has 0 unspecified atom stereocenters. The number of fused-ring (bicyclic) bond motifs is 1. The van der Waals surface area contributed by atoms with E-state index < -0.39 is 5.97 Å². The number of nitrogens with two attached hydrogens (primary N) is 1. The molecule has 0 atom stereocenters. The van der Waals surface area contributed by atoms with Crippen LogP contribution in [0, 0.1) is 18.3 Å². The molecule has 2 heterocycles. The van der Waals surface area contributed by atoms with Gasteiger partial charge < -0.3 is 15.0 Å². The summed E-state index contributed by atoms with van der Waals surface area (Å²) in [5.41, 5.74) is 8.60. The molecule has 0 aliphatic rings. The second-order valence-electron chi connectivity index (χ2n) is 5.24. The minimum absolute atomic E-state index is 0.0830. The minimum Gasteiger partial charge on any atom is -0.464 e. The zero-order chi connectivity index (χ0) is 17.4. The van der Waals surface area contributed by atoms with E-state index in [1.807, 2.05) is 25.1 Å². The van der Waals surface area contributed by atoms with E-state index in [-0.39, 0.29) is 16.9 Å². The van der Waals surface area contributed by atoms with Gasteiger partial charge in [0.1, 0.15) is 11.2 Å². The van der Waals surface area contributed by atoms with Crippen molar-refractivity contribution in [2.24, 2.45) is 0 Å². The smallest absolute Gasteiger partial charge is 0.357 e. The molecule has 0 saturated carbocycles. The lowest BCUT2D eigenvalue weighted by atomic mass is 10.1. The molecule has 3 rings (SSSR count). The number of aryl methyl sites for hydroxylation is 1. The lowest BCUT2D eigenvalue weighted by Crippen LogP contribution is -2.11. The Bertz CT molecular complexity index is 1020. The third-order valence-corrected chi connectivity index (χ3v) is 3.98. The number of methoxy groups -OCH3 is 1. The van der Waals surface area contributed by atoms with Crippen molar-refractivity contribution in [2.45, 2.75) is 6.92 Å². The van der Waals surface area contributed by atoms with Crippen molar-refractivity contribution in [1.29, 1.82) is 5.26 Å². The number of carbonyl (C=O) groups is 1. The number of carbonyl (C=O) groups excluding carboxylic acids is 1. The molecule has 3 aromatic rings. The number of nitrogen functional groups attached to an aromatic ring is 1. The lowest BCUT2D eigenvalue weighted by Gasteiger charge is -2.10. The van der Waals surface area contributed by atoms with Crippen LogP contribution in [0.5, 0.6) is 0 Å². The average Bonchev–Trinajstić information content (AvgIpc) is 2.90. The van der Waals surface area contributed by atoms with Gasteiger partial charge >= 0.3 is 5.97 Å². The molecule has 2 N–H and O–H groups in total. The predicted octanol–water partition coefficient (Wildman–Crippen LogP) is 3.23. The Morgan fingerprint density at radius 3 is 2.83 bits per heavy atom. The van der Waals surface area contributed by atoms with Crippen molar-refractivity contribution in [3.63, 3.8) is 0 Å². The van der Waals surface area contributed by atoms with Gasteiger partial charge in [-0.05, 0) is 30.7 Å². The van der Waals surface area contributed by atoms with E-state index in [1.165, 1.54) is 17.9 Å². The highest BCUT2D eigenvalue weighted by Gasteiger charge is 2.21. The maximum absolute atomic E-state index is 12.1. The number of nitriles is 1. The second kappa shape index (κ2) is 5.87. The van der Waals surface area contributed by atoms with Crippen molar-refractivity contribution in [2.75, 3.05) is 12.8 Å². The summed E-state index contributed by atoms with van der Waals surface area (Å²) in [7, 11) is 1.26. The van der Waals surface area contributed by atoms with Crippen LogP contribution in [-0.2, 0) is 4.74 Å². The first-order valence-electron chi connectivity index (χ1n) is 7.02. The number of pyridine rings is 1. The molecular formula is C17H13ClN4O2. The van der Waals surface area contributed by atoms with E-state index in [9.17, 15) is 10.1 Å². The lowest BCUT2D eigenvalue weighted by molar-refractivity contribution is 0.0593. The number of hydrogen-bond acceptors (Lipinski definition) is 5. The molecule has 0 radical (unpaired) electrons. The molecule has 0 aliphatic carbocycles. The van der Waals surface area contributed by atoms with Gasteiger partial charge in [-0.2, -0.15) is 5.26 Å². The fourth-order valence-corrected chi connectivity index (χ4v) is 2.87. The van der Waals surface area contributed by atoms with Crippen LogP contribution in [-0.4, -0.2) is 22.6 Å². The third-order valence-electron chi connectivity index (χ3n) is 3.79. The SMILES string of the molecule is COC(=O)c1c(N)c(C#N)cn1-c1ccc2c(C)cc(Cl)nc2c1. The Balaban J connectivity index is 2.28. The summed E-state index contributed by atoms with van der Waals surface area (Å²) in [6, 6.07) is 9.23. The number of esters is 1. The summed E-state index contributed by atoms with van der Waals surface area (Å²) in [6.45, 7) is 1.94. The van der Waals surface area contributed by atoms with Crippen LogP contribution >= 0.6 is 11.6 Å². The molecule has 6 nitrogen and oxygen atoms in total. The number of anilines is 1. The van der Waals surface area contributed by atoms with Gasteiger partial charge in [-0.25, -0.2) is 9.78 Å². The molecule has 120 valence electrons. The Morgan fingerprint density at radius 2 is 2.17 bits per heavy atom. The van der Waals surface area contributed by atoms with Crippen molar-refractivity contribution in [1.82, 2.24) is 9.55 Å². The normalized spacial score (nSPS) is 10.6. The zero-order valence-corrected chi connectivity index (χ0v) is 13.8. The first kappa shape index (κ1) is 15.8. The zero-order valence-electron chi connectivity index (χ0n) is 13.0. The van der Waals surface area contributed by atoms with Crippen molar-refractivity contribution in [3.8, 4) is 11.8 Å². The summed E-state index contributed by atoms with van der Waals surface area (Å²) in [6.07, 6.45) is 1.50. The van der Waals surface area contributed by atoms with Gasteiger partial charge in [-0.3, -0.25) is 0 Å². The standard InChI is InChI=1S/C17H13ClN4O2/c1-9-5-14(18)21-13-6-11(3-4-12(9)13)22-8-10(7-19)15(20)16(22)17(23)24-2/h3-6,8H,20H2,1-2H3. The van der Waals surface area contributed by atoms with Gasteiger partial charge in [-0.1, -0.05) is 17.7 Å². The van der Waals surface area contributed by atoms with Gasteiger partial charge in [0, 0.05) is 17.3 Å². The number of hydrogen-bond donors (Lipinski definition) is 1. The molecule has 0 saturated heterocycles. The largest absolute Gasteiger partial charge is 0.464 e. The van der Waals surface area contributed by atoms with E-state index in [4.69, 9.17) is 22.1 Å². The number of aromatic nitrogens is 2. The first-order valence-corrected chi connectivity index (χ1v) is 7.40. The highest BCUT2D eigenvalue weighted by molar-refractivity contribution is 6.29. The van der Waals surface area contributed by atoms with E-state index >= 15 is 0 Å². The van der Waals surface area contributed by atoms with E-state index in [0.717, 1.165) is 10.9 Å². The number of ether oxygens (including phenoxy) is 1. The molecule has 2 aromatic heterocycles.